The van der Waals surface area contributed by atoms with E-state index in [2.05, 4.69) is 25.8 Å². The Kier molecular flexibility index (Phi) is 9.62. The Labute approximate surface area is 291 Å². The number of aromatic nitrogens is 1. The largest absolute Gasteiger partial charge is 0.492 e. The second kappa shape index (κ2) is 13.5. The van der Waals surface area contributed by atoms with E-state index in [9.17, 15) is 31.2 Å². The minimum atomic E-state index is -5.82. The smallest absolute Gasteiger partial charge is 0.439 e. The highest BCUT2D eigenvalue weighted by Gasteiger charge is 2.60. The van der Waals surface area contributed by atoms with Crippen molar-refractivity contribution in [3.63, 3.8) is 0 Å². The predicted molar refractivity (Wildman–Crippen MR) is 172 cm³/mol. The number of hydrogen-bond donors (Lipinski definition) is 1. The molecule has 2 saturated heterocycles. The molecular formula is C33H28BrF5N4O6S. The first kappa shape index (κ1) is 35.6. The van der Waals surface area contributed by atoms with Crippen molar-refractivity contribution < 1.29 is 49.5 Å². The number of halogens is 6. The number of alkyl halides is 5. The van der Waals surface area contributed by atoms with E-state index in [1.807, 2.05) is 0 Å². The van der Waals surface area contributed by atoms with Crippen LogP contribution in [0.3, 0.4) is 0 Å². The summed E-state index contributed by atoms with van der Waals surface area (Å²) in [6.45, 7) is 0. The number of piperidine rings is 1. The van der Waals surface area contributed by atoms with Gasteiger partial charge in [-0.3, -0.25) is 4.79 Å². The number of nitrogens with zero attached hydrogens (tertiary/aromatic N) is 3. The molecule has 2 aliphatic heterocycles. The molecule has 3 atom stereocenters. The van der Waals surface area contributed by atoms with Crippen LogP contribution in [0.25, 0.3) is 10.8 Å². The second-order valence-electron chi connectivity index (χ2n) is 12.0. The number of rotatable bonds is 9. The van der Waals surface area contributed by atoms with Gasteiger partial charge in [-0.2, -0.15) is 22.0 Å². The Morgan fingerprint density at radius 1 is 0.920 bits per heavy atom. The summed E-state index contributed by atoms with van der Waals surface area (Å²) in [6, 6.07) is 11.7. The third-order valence-electron chi connectivity index (χ3n) is 8.62. The summed E-state index contributed by atoms with van der Waals surface area (Å²) in [4.78, 5) is 35.2. The van der Waals surface area contributed by atoms with Gasteiger partial charge in [-0.1, -0.05) is 46.3 Å². The number of carbonyl (C=O) groups excluding carboxylic acids is 2. The molecular weight excluding hydrogens is 755 g/mol. The SMILES string of the molecule is NC1CC2CCC(C1)N2C(=O)[C@@H](N(OC(=O)C(F)(F)F)S(=O)(=O)c1ccc2cc(Oc3ccccn3)ccc2c1)C(F)(F)c1ccc(Br)cc1. The normalized spacial score (nSPS) is 20.2. The van der Waals surface area contributed by atoms with Crippen LogP contribution in [0, 0.1) is 0 Å². The minimum absolute atomic E-state index is 0.199. The summed E-state index contributed by atoms with van der Waals surface area (Å²) < 4.78 is 108. The number of amides is 1. The molecule has 4 aromatic rings. The first-order valence-corrected chi connectivity index (χ1v) is 17.5. The van der Waals surface area contributed by atoms with Crippen LogP contribution in [0.5, 0.6) is 11.6 Å². The number of ether oxygens (including phenoxy) is 1. The lowest BCUT2D eigenvalue weighted by Gasteiger charge is -2.42. The average molecular weight is 784 g/mol. The van der Waals surface area contributed by atoms with E-state index in [0.717, 1.165) is 29.2 Å². The number of fused-ring (bicyclic) bond motifs is 3. The van der Waals surface area contributed by atoms with E-state index in [1.165, 1.54) is 42.6 Å². The zero-order valence-corrected chi connectivity index (χ0v) is 28.2. The molecule has 2 aliphatic rings. The molecule has 0 spiro atoms. The summed E-state index contributed by atoms with van der Waals surface area (Å²) in [5.74, 6) is -8.60. The summed E-state index contributed by atoms with van der Waals surface area (Å²) >= 11 is 3.11. The van der Waals surface area contributed by atoms with Gasteiger partial charge in [0.25, 0.3) is 15.9 Å². The van der Waals surface area contributed by atoms with Crippen molar-refractivity contribution in [2.75, 3.05) is 0 Å². The van der Waals surface area contributed by atoms with Crippen molar-refractivity contribution in [3.05, 3.63) is 95.1 Å². The lowest BCUT2D eigenvalue weighted by molar-refractivity contribution is -0.240. The maximum atomic E-state index is 16.7. The second-order valence-corrected chi connectivity index (χ2v) is 14.7. The van der Waals surface area contributed by atoms with Crippen LogP contribution in [0.4, 0.5) is 22.0 Å². The fourth-order valence-electron chi connectivity index (χ4n) is 6.36. The molecule has 3 heterocycles. The van der Waals surface area contributed by atoms with Gasteiger partial charge in [-0.15, -0.1) is 0 Å². The zero-order valence-electron chi connectivity index (χ0n) is 25.8. The quantitative estimate of drug-likeness (QED) is 0.152. The van der Waals surface area contributed by atoms with Gasteiger partial charge in [0.1, 0.15) is 5.75 Å². The Morgan fingerprint density at radius 2 is 1.56 bits per heavy atom. The van der Waals surface area contributed by atoms with Gasteiger partial charge >= 0.3 is 18.1 Å². The van der Waals surface area contributed by atoms with Gasteiger partial charge in [-0.25, -0.2) is 18.2 Å². The lowest BCUT2D eigenvalue weighted by atomic mass is 9.94. The predicted octanol–water partition coefficient (Wildman–Crippen LogP) is 6.44. The Bertz CT molecular complexity index is 2010. The molecule has 2 fully saturated rings. The topological polar surface area (TPSA) is 132 Å². The first-order valence-electron chi connectivity index (χ1n) is 15.2. The number of carbonyl (C=O) groups is 2. The summed E-state index contributed by atoms with van der Waals surface area (Å²) in [7, 11) is -5.63. The summed E-state index contributed by atoms with van der Waals surface area (Å²) in [5, 5.41) is 0.595. The van der Waals surface area contributed by atoms with Gasteiger partial charge in [0.2, 0.25) is 11.9 Å². The molecule has 2 bridgehead atoms. The molecule has 0 aliphatic carbocycles. The number of hydrogen-bond acceptors (Lipinski definition) is 8. The van der Waals surface area contributed by atoms with Gasteiger partial charge in [0, 0.05) is 40.4 Å². The monoisotopic (exact) mass is 782 g/mol. The molecule has 264 valence electrons. The summed E-state index contributed by atoms with van der Waals surface area (Å²) in [5.41, 5.74) is 5.18. The van der Waals surface area contributed by atoms with E-state index < -0.39 is 67.1 Å². The van der Waals surface area contributed by atoms with E-state index >= 15 is 8.78 Å². The van der Waals surface area contributed by atoms with Crippen molar-refractivity contribution >= 4 is 48.6 Å². The highest BCUT2D eigenvalue weighted by Crippen LogP contribution is 2.43. The van der Waals surface area contributed by atoms with Crippen LogP contribution in [0.15, 0.2) is 94.4 Å². The van der Waals surface area contributed by atoms with Gasteiger partial charge in [0.15, 0.2) is 0 Å². The van der Waals surface area contributed by atoms with Crippen molar-refractivity contribution in [1.82, 2.24) is 14.4 Å². The van der Waals surface area contributed by atoms with Crippen LogP contribution >= 0.6 is 15.9 Å². The number of nitrogens with two attached hydrogens (primary N) is 1. The molecule has 6 rings (SSSR count). The van der Waals surface area contributed by atoms with E-state index in [4.69, 9.17) is 10.5 Å². The van der Waals surface area contributed by atoms with Crippen LogP contribution in [0.1, 0.15) is 31.2 Å². The maximum absolute atomic E-state index is 16.7. The number of hydroxylamine groups is 1. The fourth-order valence-corrected chi connectivity index (χ4v) is 8.01. The standard InChI is InChI=1S/C33H28BrF5N4O6S/c34-22-8-6-21(7-9-22)32(35,36)29(30(44)42-24-10-11-25(42)18-23(40)17-24)43(49-31(45)33(37,38)39)50(46,47)27-13-5-19-15-26(12-4-20(19)16-27)48-28-3-1-2-14-41-28/h1-9,12-16,23-25,29H,10-11,17-18,40H2/t23?,24?,25?,29-/m1/s1. The van der Waals surface area contributed by atoms with Crippen LogP contribution in [0.2, 0.25) is 0 Å². The van der Waals surface area contributed by atoms with Crippen molar-refractivity contribution in [2.24, 2.45) is 5.73 Å². The van der Waals surface area contributed by atoms with Gasteiger partial charge in [0.05, 0.1) is 4.90 Å². The van der Waals surface area contributed by atoms with E-state index in [1.54, 1.807) is 18.2 Å². The third-order valence-corrected chi connectivity index (χ3v) is 10.8. The minimum Gasteiger partial charge on any atom is -0.439 e. The van der Waals surface area contributed by atoms with E-state index in [0.29, 0.717) is 28.5 Å². The molecule has 2 N–H and O–H groups in total. The van der Waals surface area contributed by atoms with Gasteiger partial charge in [-0.05, 0) is 83.4 Å². The van der Waals surface area contributed by atoms with Crippen molar-refractivity contribution in [2.45, 2.75) is 66.8 Å². The average Bonchev–Trinajstić information content (AvgIpc) is 3.34. The summed E-state index contributed by atoms with van der Waals surface area (Å²) in [6.07, 6.45) is -3.21. The van der Waals surface area contributed by atoms with Crippen LogP contribution in [-0.4, -0.2) is 65.0 Å². The van der Waals surface area contributed by atoms with Crippen LogP contribution < -0.4 is 10.5 Å². The molecule has 50 heavy (non-hydrogen) atoms. The van der Waals surface area contributed by atoms with Gasteiger partial charge < -0.3 is 20.2 Å². The zero-order chi connectivity index (χ0) is 36.0. The molecule has 17 heteroatoms. The van der Waals surface area contributed by atoms with E-state index in [-0.39, 0.29) is 30.1 Å². The molecule has 10 nitrogen and oxygen atoms in total. The van der Waals surface area contributed by atoms with Crippen molar-refractivity contribution in [1.29, 1.82) is 0 Å². The molecule has 1 amide bonds. The molecule has 0 radical (unpaired) electrons. The van der Waals surface area contributed by atoms with Crippen molar-refractivity contribution in [3.8, 4) is 11.6 Å². The fraction of sp³-hybridized carbons (Fsp3) is 0.303. The molecule has 1 aromatic heterocycles. The molecule has 0 saturated carbocycles. The Hall–Kier alpha value is -4.19. The first-order chi connectivity index (χ1) is 23.6. The number of pyridine rings is 1. The Morgan fingerprint density at radius 3 is 2.18 bits per heavy atom. The molecule has 2 unspecified atom stereocenters. The lowest BCUT2D eigenvalue weighted by Crippen LogP contribution is -2.62. The number of benzene rings is 3. The molecule has 3 aromatic carbocycles. The maximum Gasteiger partial charge on any atom is 0.492 e. The Balaban J connectivity index is 1.46. The number of sulfonamides is 1. The highest BCUT2D eigenvalue weighted by molar-refractivity contribution is 9.10. The van der Waals surface area contributed by atoms with Crippen LogP contribution in [-0.2, 0) is 30.4 Å². The highest BCUT2D eigenvalue weighted by atomic mass is 79.9. The third kappa shape index (κ3) is 7.04.